The van der Waals surface area contributed by atoms with Gasteiger partial charge in [-0.3, -0.25) is 9.36 Å². The number of halogens is 2. The van der Waals surface area contributed by atoms with Crippen molar-refractivity contribution in [3.63, 3.8) is 0 Å². The van der Waals surface area contributed by atoms with E-state index in [0.29, 0.717) is 51.1 Å². The molecule has 4 rings (SSSR count). The lowest BCUT2D eigenvalue weighted by Crippen LogP contribution is -2.40. The zero-order chi connectivity index (χ0) is 25.8. The maximum absolute atomic E-state index is 13.7. The quantitative estimate of drug-likeness (QED) is 0.277. The summed E-state index contributed by atoms with van der Waals surface area (Å²) >= 11 is 12.3. The minimum Gasteiger partial charge on any atom is -0.315 e. The Morgan fingerprint density at radius 1 is 1.03 bits per heavy atom. The predicted molar refractivity (Wildman–Crippen MR) is 148 cm³/mol. The number of para-hydroxylation sites is 1. The van der Waals surface area contributed by atoms with E-state index in [2.05, 4.69) is 12.2 Å². The van der Waals surface area contributed by atoms with E-state index >= 15 is 0 Å². The topological polar surface area (TPSA) is 67.2 Å². The molecule has 186 valence electrons. The summed E-state index contributed by atoms with van der Waals surface area (Å²) in [7, 11) is 0. The molecule has 1 atom stereocenters. The number of hydrogen-bond donors (Lipinski definition) is 1. The molecule has 1 aromatic heterocycles. The molecule has 0 fully saturated rings. The van der Waals surface area contributed by atoms with Crippen molar-refractivity contribution in [3.05, 3.63) is 98.5 Å². The number of benzene rings is 3. The van der Waals surface area contributed by atoms with E-state index in [1.54, 1.807) is 33.7 Å². The first kappa shape index (κ1) is 25.7. The molecule has 2 amide bonds. The number of hydrogen-bond acceptors (Lipinski definition) is 3. The van der Waals surface area contributed by atoms with Crippen molar-refractivity contribution >= 4 is 45.8 Å². The Balaban J connectivity index is 1.84. The summed E-state index contributed by atoms with van der Waals surface area (Å²) in [5.41, 5.74) is 2.76. The normalized spacial score (nSPS) is 11.9. The fourth-order valence-corrected chi connectivity index (χ4v) is 4.79. The van der Waals surface area contributed by atoms with Crippen LogP contribution >= 0.6 is 23.2 Å². The Morgan fingerprint density at radius 2 is 1.75 bits per heavy atom. The minimum absolute atomic E-state index is 0.171. The molecule has 4 aromatic rings. The Bertz CT molecular complexity index is 1450. The predicted octanol–water partition coefficient (Wildman–Crippen LogP) is 7.26. The van der Waals surface area contributed by atoms with Crippen LogP contribution in [0.4, 0.5) is 10.5 Å². The van der Waals surface area contributed by atoms with Crippen LogP contribution in [0.25, 0.3) is 16.6 Å². The first-order chi connectivity index (χ1) is 17.4. The molecule has 0 saturated carbocycles. The molecule has 0 bridgehead atoms. The minimum atomic E-state index is -0.468. The average molecular weight is 523 g/mol. The zero-order valence-corrected chi connectivity index (χ0v) is 22.0. The summed E-state index contributed by atoms with van der Waals surface area (Å²) < 4.78 is 1.63. The maximum atomic E-state index is 13.7. The number of aryl methyl sites for hydroxylation is 1. The Labute approximate surface area is 220 Å². The second kappa shape index (κ2) is 11.1. The number of anilines is 1. The number of urea groups is 1. The van der Waals surface area contributed by atoms with Crippen molar-refractivity contribution in [1.82, 2.24) is 14.5 Å². The smallest absolute Gasteiger partial charge is 0.315 e. The molecule has 3 aromatic carbocycles. The van der Waals surface area contributed by atoms with Gasteiger partial charge in [0.05, 0.1) is 33.3 Å². The molecule has 0 aliphatic carbocycles. The Hall–Kier alpha value is -3.35. The fourth-order valence-electron chi connectivity index (χ4n) is 4.33. The molecule has 8 heteroatoms. The van der Waals surface area contributed by atoms with Crippen LogP contribution in [0.2, 0.25) is 10.0 Å². The van der Waals surface area contributed by atoms with Crippen LogP contribution in [0.5, 0.6) is 0 Å². The van der Waals surface area contributed by atoms with E-state index in [1.807, 2.05) is 56.3 Å². The average Bonchev–Trinajstić information content (AvgIpc) is 2.89. The van der Waals surface area contributed by atoms with Gasteiger partial charge in [0.2, 0.25) is 0 Å². The van der Waals surface area contributed by atoms with E-state index in [9.17, 15) is 9.59 Å². The Morgan fingerprint density at radius 3 is 2.39 bits per heavy atom. The number of amides is 2. The van der Waals surface area contributed by atoms with Crippen LogP contribution in [0.15, 0.2) is 71.5 Å². The molecule has 0 spiro atoms. The van der Waals surface area contributed by atoms with Gasteiger partial charge in [-0.1, -0.05) is 61.3 Å². The van der Waals surface area contributed by atoms with Crippen molar-refractivity contribution in [2.75, 3.05) is 11.9 Å². The summed E-state index contributed by atoms with van der Waals surface area (Å²) in [6.45, 7) is 6.35. The number of fused-ring (bicyclic) bond motifs is 1. The third-order valence-corrected chi connectivity index (χ3v) is 6.79. The molecule has 0 aliphatic heterocycles. The lowest BCUT2D eigenvalue weighted by Gasteiger charge is -2.31. The van der Waals surface area contributed by atoms with Gasteiger partial charge in [-0.15, -0.1) is 0 Å². The van der Waals surface area contributed by atoms with E-state index in [0.717, 1.165) is 6.42 Å². The van der Waals surface area contributed by atoms with Gasteiger partial charge in [0.25, 0.3) is 5.56 Å². The summed E-state index contributed by atoms with van der Waals surface area (Å²) in [4.78, 5) is 33.8. The fraction of sp³-hybridized carbons (Fsp3) is 0.250. The third-order valence-electron chi connectivity index (χ3n) is 6.24. The molecular weight excluding hydrogens is 495 g/mol. The molecule has 1 unspecified atom stereocenters. The SMILES string of the molecule is CCc1ccc(-n2c(C(CC)N(CC)C(=O)Nc3ccc(Cl)cc3Cl)nc3ccccc3c2=O)cc1. The van der Waals surface area contributed by atoms with Crippen LogP contribution in [-0.4, -0.2) is 27.0 Å². The number of carbonyl (C=O) groups is 1. The lowest BCUT2D eigenvalue weighted by molar-refractivity contribution is 0.185. The molecule has 0 aliphatic rings. The highest BCUT2D eigenvalue weighted by Crippen LogP contribution is 2.29. The molecule has 1 N–H and O–H groups in total. The van der Waals surface area contributed by atoms with Gasteiger partial charge in [-0.25, -0.2) is 9.78 Å². The molecule has 0 saturated heterocycles. The van der Waals surface area contributed by atoms with Crippen LogP contribution in [0.1, 0.15) is 44.6 Å². The van der Waals surface area contributed by atoms with Crippen molar-refractivity contribution in [2.24, 2.45) is 0 Å². The summed E-state index contributed by atoms with van der Waals surface area (Å²) in [5, 5.41) is 4.23. The van der Waals surface area contributed by atoms with Gasteiger partial charge >= 0.3 is 6.03 Å². The van der Waals surface area contributed by atoms with E-state index < -0.39 is 6.04 Å². The monoisotopic (exact) mass is 522 g/mol. The summed E-state index contributed by atoms with van der Waals surface area (Å²) in [6, 6.07) is 19.2. The van der Waals surface area contributed by atoms with Gasteiger partial charge in [-0.2, -0.15) is 0 Å². The molecule has 6 nitrogen and oxygen atoms in total. The number of aromatic nitrogens is 2. The highest BCUT2D eigenvalue weighted by atomic mass is 35.5. The number of carbonyl (C=O) groups excluding carboxylic acids is 1. The first-order valence-electron chi connectivity index (χ1n) is 12.0. The van der Waals surface area contributed by atoms with E-state index in [-0.39, 0.29) is 11.6 Å². The van der Waals surface area contributed by atoms with Crippen molar-refractivity contribution < 1.29 is 4.79 Å². The maximum Gasteiger partial charge on any atom is 0.322 e. The first-order valence-corrected chi connectivity index (χ1v) is 12.8. The van der Waals surface area contributed by atoms with Crippen molar-refractivity contribution in [2.45, 2.75) is 39.7 Å². The number of nitrogens with one attached hydrogen (secondary N) is 1. The van der Waals surface area contributed by atoms with Crippen molar-refractivity contribution in [3.8, 4) is 5.69 Å². The third kappa shape index (κ3) is 5.11. The standard InChI is InChI=1S/C28H28Cl2N4O2/c1-4-18-11-14-20(15-12-18)34-26(31-23-10-8-7-9-21(23)27(34)35)25(5-2)33(6-3)28(36)32-24-16-13-19(29)17-22(24)30/h7-17,25H,4-6H2,1-3H3,(H,32,36). The van der Waals surface area contributed by atoms with E-state index in [4.69, 9.17) is 28.2 Å². The van der Waals surface area contributed by atoms with Crippen LogP contribution in [-0.2, 0) is 6.42 Å². The van der Waals surface area contributed by atoms with Gasteiger partial charge in [-0.05, 0) is 67.8 Å². The van der Waals surface area contributed by atoms with Gasteiger partial charge in [0, 0.05) is 11.6 Å². The highest BCUT2D eigenvalue weighted by Gasteiger charge is 2.28. The highest BCUT2D eigenvalue weighted by molar-refractivity contribution is 6.36. The lowest BCUT2D eigenvalue weighted by atomic mass is 10.1. The molecule has 0 radical (unpaired) electrons. The Kier molecular flexibility index (Phi) is 7.97. The van der Waals surface area contributed by atoms with Crippen LogP contribution < -0.4 is 10.9 Å². The van der Waals surface area contributed by atoms with Gasteiger partial charge in [0.1, 0.15) is 5.82 Å². The van der Waals surface area contributed by atoms with Gasteiger partial charge in [0.15, 0.2) is 0 Å². The summed E-state index contributed by atoms with van der Waals surface area (Å²) in [5.74, 6) is 0.504. The van der Waals surface area contributed by atoms with Gasteiger partial charge < -0.3 is 10.2 Å². The largest absolute Gasteiger partial charge is 0.322 e. The van der Waals surface area contributed by atoms with Crippen molar-refractivity contribution in [1.29, 1.82) is 0 Å². The van der Waals surface area contributed by atoms with E-state index in [1.165, 1.54) is 5.56 Å². The van der Waals surface area contributed by atoms with Crippen LogP contribution in [0.3, 0.4) is 0 Å². The number of nitrogens with zero attached hydrogens (tertiary/aromatic N) is 3. The molecule has 1 heterocycles. The molecular formula is C28H28Cl2N4O2. The molecule has 36 heavy (non-hydrogen) atoms. The zero-order valence-electron chi connectivity index (χ0n) is 20.5. The van der Waals surface area contributed by atoms with Crippen LogP contribution in [0, 0.1) is 0 Å². The second-order valence-corrected chi connectivity index (χ2v) is 9.26. The summed E-state index contributed by atoms with van der Waals surface area (Å²) in [6.07, 6.45) is 1.44. The number of rotatable bonds is 7. The second-order valence-electron chi connectivity index (χ2n) is 8.41.